The number of carbonyl (C=O) groups excluding carboxylic acids is 1. The number of aryl methyl sites for hydroxylation is 1. The van der Waals surface area contributed by atoms with Gasteiger partial charge in [0.15, 0.2) is 5.82 Å². The molecule has 0 saturated heterocycles. The van der Waals surface area contributed by atoms with E-state index in [-0.39, 0.29) is 12.3 Å². The van der Waals surface area contributed by atoms with Gasteiger partial charge in [-0.15, -0.1) is 0 Å². The fourth-order valence-corrected chi connectivity index (χ4v) is 2.54. The molecule has 0 aliphatic heterocycles. The maximum atomic E-state index is 12.5. The molecule has 0 aliphatic carbocycles. The Morgan fingerprint density at radius 1 is 1.20 bits per heavy atom. The van der Waals surface area contributed by atoms with E-state index in [2.05, 4.69) is 20.4 Å². The largest absolute Gasteiger partial charge is 0.342 e. The first-order valence-corrected chi connectivity index (χ1v) is 8.32. The van der Waals surface area contributed by atoms with E-state index in [0.717, 1.165) is 24.0 Å². The van der Waals surface area contributed by atoms with Gasteiger partial charge >= 0.3 is 0 Å². The summed E-state index contributed by atoms with van der Waals surface area (Å²) in [7, 11) is 0. The molecule has 1 atom stereocenters. The van der Waals surface area contributed by atoms with Crippen LogP contribution in [0.1, 0.15) is 42.2 Å². The Morgan fingerprint density at radius 3 is 2.76 bits per heavy atom. The van der Waals surface area contributed by atoms with Gasteiger partial charge in [-0.05, 0) is 23.6 Å². The lowest BCUT2D eigenvalue weighted by Gasteiger charge is -2.16. The van der Waals surface area contributed by atoms with Crippen LogP contribution < -0.4 is 5.32 Å². The zero-order valence-corrected chi connectivity index (χ0v) is 14.1. The summed E-state index contributed by atoms with van der Waals surface area (Å²) in [4.78, 5) is 20.9. The third-order valence-electron chi connectivity index (χ3n) is 3.73. The van der Waals surface area contributed by atoms with Gasteiger partial charge in [-0.1, -0.05) is 48.5 Å². The third kappa shape index (κ3) is 4.50. The molecule has 128 valence electrons. The Bertz CT molecular complexity index is 803. The summed E-state index contributed by atoms with van der Waals surface area (Å²) in [5.74, 6) is 0.929. The highest BCUT2D eigenvalue weighted by atomic mass is 16.5. The normalized spacial score (nSPS) is 11.9. The number of nitrogens with zero attached hydrogens (tertiary/aromatic N) is 3. The van der Waals surface area contributed by atoms with Gasteiger partial charge in [-0.2, -0.15) is 4.98 Å². The van der Waals surface area contributed by atoms with Crippen molar-refractivity contribution in [3.63, 3.8) is 0 Å². The lowest BCUT2D eigenvalue weighted by Crippen LogP contribution is -2.31. The Morgan fingerprint density at radius 2 is 2.04 bits per heavy atom. The van der Waals surface area contributed by atoms with Crippen LogP contribution in [0.5, 0.6) is 0 Å². The molecule has 1 amide bonds. The van der Waals surface area contributed by atoms with Gasteiger partial charge in [-0.3, -0.25) is 9.78 Å². The zero-order chi connectivity index (χ0) is 17.5. The highest BCUT2D eigenvalue weighted by molar-refractivity contribution is 5.79. The number of nitrogens with one attached hydrogen (secondary N) is 1. The number of carbonyl (C=O) groups is 1. The van der Waals surface area contributed by atoms with Crippen molar-refractivity contribution in [3.8, 4) is 0 Å². The molecule has 0 fully saturated rings. The number of pyridine rings is 1. The van der Waals surface area contributed by atoms with Crippen LogP contribution in [0.3, 0.4) is 0 Å². The molecule has 25 heavy (non-hydrogen) atoms. The number of amides is 1. The molecule has 2 aromatic heterocycles. The molecule has 2 heterocycles. The minimum atomic E-state index is -0.445. The number of rotatable bonds is 7. The monoisotopic (exact) mass is 336 g/mol. The van der Waals surface area contributed by atoms with Crippen LogP contribution >= 0.6 is 0 Å². The summed E-state index contributed by atoms with van der Waals surface area (Å²) in [6.45, 7) is 2.05. The van der Waals surface area contributed by atoms with E-state index in [9.17, 15) is 4.79 Å². The van der Waals surface area contributed by atoms with Gasteiger partial charge in [0, 0.05) is 18.8 Å². The standard InChI is InChI=1S/C19H20N4O2/c1-2-7-17-22-19(23-25-17)18(15-9-4-3-5-10-15)21-16(24)12-14-8-6-11-20-13-14/h3-6,8-11,13,18H,2,7,12H2,1H3,(H,21,24)/t18-/m1/s1. The van der Waals surface area contributed by atoms with E-state index in [0.29, 0.717) is 11.7 Å². The first-order valence-electron chi connectivity index (χ1n) is 8.32. The Hall–Kier alpha value is -3.02. The van der Waals surface area contributed by atoms with Gasteiger partial charge in [0.2, 0.25) is 11.8 Å². The highest BCUT2D eigenvalue weighted by Crippen LogP contribution is 2.20. The zero-order valence-electron chi connectivity index (χ0n) is 14.1. The number of aromatic nitrogens is 3. The molecule has 6 nitrogen and oxygen atoms in total. The van der Waals surface area contributed by atoms with Crippen LogP contribution in [0, 0.1) is 0 Å². The smallest absolute Gasteiger partial charge is 0.226 e. The molecule has 1 N–H and O–H groups in total. The van der Waals surface area contributed by atoms with Gasteiger partial charge < -0.3 is 9.84 Å². The second-order valence-electron chi connectivity index (χ2n) is 5.75. The maximum absolute atomic E-state index is 12.5. The fourth-order valence-electron chi connectivity index (χ4n) is 2.54. The van der Waals surface area contributed by atoms with Gasteiger partial charge in [0.1, 0.15) is 6.04 Å². The van der Waals surface area contributed by atoms with E-state index in [4.69, 9.17) is 4.52 Å². The van der Waals surface area contributed by atoms with Crippen molar-refractivity contribution in [2.75, 3.05) is 0 Å². The molecule has 1 aromatic carbocycles. The van der Waals surface area contributed by atoms with Crippen LogP contribution in [-0.2, 0) is 17.6 Å². The third-order valence-corrected chi connectivity index (χ3v) is 3.73. The first kappa shape index (κ1) is 16.8. The predicted octanol–water partition coefficient (Wildman–Crippen LogP) is 2.87. The van der Waals surface area contributed by atoms with Gasteiger partial charge in [0.25, 0.3) is 0 Å². The van der Waals surface area contributed by atoms with E-state index in [1.807, 2.05) is 49.4 Å². The van der Waals surface area contributed by atoms with Crippen molar-refractivity contribution >= 4 is 5.91 Å². The first-order chi connectivity index (χ1) is 12.3. The summed E-state index contributed by atoms with van der Waals surface area (Å²) in [6.07, 6.45) is 5.26. The molecular weight excluding hydrogens is 316 g/mol. The van der Waals surface area contributed by atoms with Crippen LogP contribution in [0.2, 0.25) is 0 Å². The van der Waals surface area contributed by atoms with Crippen molar-refractivity contribution in [2.45, 2.75) is 32.2 Å². The van der Waals surface area contributed by atoms with Crippen molar-refractivity contribution < 1.29 is 9.32 Å². The van der Waals surface area contributed by atoms with Crippen molar-refractivity contribution in [1.29, 1.82) is 0 Å². The molecule has 0 saturated carbocycles. The quantitative estimate of drug-likeness (QED) is 0.717. The minimum absolute atomic E-state index is 0.122. The minimum Gasteiger partial charge on any atom is -0.342 e. The summed E-state index contributed by atoms with van der Waals surface area (Å²) in [5.41, 5.74) is 1.76. The number of hydrogen-bond acceptors (Lipinski definition) is 5. The molecule has 0 bridgehead atoms. The van der Waals surface area contributed by atoms with Gasteiger partial charge in [-0.25, -0.2) is 0 Å². The average molecular weight is 336 g/mol. The molecule has 3 aromatic rings. The second kappa shape index (κ2) is 8.19. The fraction of sp³-hybridized carbons (Fsp3) is 0.263. The molecule has 0 spiro atoms. The summed E-state index contributed by atoms with van der Waals surface area (Å²) in [5, 5.41) is 7.06. The predicted molar refractivity (Wildman–Crippen MR) is 92.7 cm³/mol. The molecule has 3 rings (SSSR count). The van der Waals surface area contributed by atoms with Crippen LogP contribution in [-0.4, -0.2) is 21.0 Å². The molecule has 0 aliphatic rings. The maximum Gasteiger partial charge on any atom is 0.226 e. The number of benzene rings is 1. The van der Waals surface area contributed by atoms with E-state index in [1.54, 1.807) is 12.4 Å². The Labute approximate surface area is 146 Å². The van der Waals surface area contributed by atoms with Gasteiger partial charge in [0.05, 0.1) is 6.42 Å². The van der Waals surface area contributed by atoms with Crippen molar-refractivity contribution in [3.05, 3.63) is 77.7 Å². The van der Waals surface area contributed by atoms with Crippen molar-refractivity contribution in [2.24, 2.45) is 0 Å². The SMILES string of the molecule is CCCc1nc([C@H](NC(=O)Cc2cccnc2)c2ccccc2)no1. The lowest BCUT2D eigenvalue weighted by atomic mass is 10.1. The molecule has 0 radical (unpaired) electrons. The van der Waals surface area contributed by atoms with Crippen molar-refractivity contribution in [1.82, 2.24) is 20.4 Å². The molecular formula is C19H20N4O2. The highest BCUT2D eigenvalue weighted by Gasteiger charge is 2.22. The molecule has 0 unspecified atom stereocenters. The Kier molecular flexibility index (Phi) is 5.51. The Balaban J connectivity index is 1.80. The van der Waals surface area contributed by atoms with Crippen LogP contribution in [0.25, 0.3) is 0 Å². The topological polar surface area (TPSA) is 80.9 Å². The lowest BCUT2D eigenvalue weighted by molar-refractivity contribution is -0.121. The van der Waals surface area contributed by atoms with Crippen LogP contribution in [0.15, 0.2) is 59.4 Å². The summed E-state index contributed by atoms with van der Waals surface area (Å²) < 4.78 is 5.28. The second-order valence-corrected chi connectivity index (χ2v) is 5.75. The number of hydrogen-bond donors (Lipinski definition) is 1. The molecule has 6 heteroatoms. The van der Waals surface area contributed by atoms with E-state index in [1.165, 1.54) is 0 Å². The van der Waals surface area contributed by atoms with E-state index >= 15 is 0 Å². The summed E-state index contributed by atoms with van der Waals surface area (Å²) >= 11 is 0. The average Bonchev–Trinajstić information content (AvgIpc) is 3.10. The van der Waals surface area contributed by atoms with E-state index < -0.39 is 6.04 Å². The summed E-state index contributed by atoms with van der Waals surface area (Å²) in [6, 6.07) is 12.9. The van der Waals surface area contributed by atoms with Crippen LogP contribution in [0.4, 0.5) is 0 Å².